The number of halogens is 3. The van der Waals surface area contributed by atoms with E-state index in [1.807, 2.05) is 74.5 Å². The number of hydrogen-bond donors (Lipinski definition) is 2. The van der Waals surface area contributed by atoms with Gasteiger partial charge in [0.25, 0.3) is 5.91 Å². The summed E-state index contributed by atoms with van der Waals surface area (Å²) in [7, 11) is 0. The molecule has 0 aliphatic carbocycles. The molecule has 34 heavy (non-hydrogen) atoms. The molecule has 3 rings (SSSR count). The van der Waals surface area contributed by atoms with Crippen molar-refractivity contribution in [3.63, 3.8) is 0 Å². The number of carbonyl (C=O) groups is 2. The molecule has 2 amide bonds. The molecule has 3 aromatic carbocycles. The van der Waals surface area contributed by atoms with Crippen molar-refractivity contribution in [3.8, 4) is 0 Å². The van der Waals surface area contributed by atoms with Crippen molar-refractivity contribution >= 4 is 11.8 Å². The van der Waals surface area contributed by atoms with Gasteiger partial charge in [0.2, 0.25) is 5.91 Å². The first-order chi connectivity index (χ1) is 16.2. The summed E-state index contributed by atoms with van der Waals surface area (Å²) in [4.78, 5) is 26.2. The number of alkyl halides is 3. The first kappa shape index (κ1) is 25.0. The van der Waals surface area contributed by atoms with E-state index in [0.717, 1.165) is 23.3 Å². The standard InChI is InChI=1S/C27H27F3N2O2/c1-3-18(2)23(31-25(33)21-15-10-16-22(17-21)27(28,29)30)26(34)32-24(19-11-6-4-7-12-19)20-13-8-5-9-14-20/h4-18,23-24H,3H2,1-2H3,(H,31,33)(H,32,34). The molecule has 0 aromatic heterocycles. The van der Waals surface area contributed by atoms with Crippen molar-refractivity contribution in [1.82, 2.24) is 10.6 Å². The molecule has 178 valence electrons. The third-order valence-electron chi connectivity index (χ3n) is 5.79. The molecule has 0 radical (unpaired) electrons. The van der Waals surface area contributed by atoms with E-state index in [1.165, 1.54) is 12.1 Å². The fraction of sp³-hybridized carbons (Fsp3) is 0.259. The normalized spacial score (nSPS) is 13.2. The molecule has 0 spiro atoms. The molecule has 0 aliphatic rings. The molecule has 0 saturated carbocycles. The molecule has 0 aliphatic heterocycles. The SMILES string of the molecule is CCC(C)C(NC(=O)c1cccc(C(F)(F)F)c1)C(=O)NC(c1ccccc1)c1ccccc1. The van der Waals surface area contributed by atoms with Gasteiger partial charge in [-0.25, -0.2) is 0 Å². The van der Waals surface area contributed by atoms with Crippen LogP contribution in [0.3, 0.4) is 0 Å². The average molecular weight is 469 g/mol. The molecule has 4 nitrogen and oxygen atoms in total. The molecule has 2 N–H and O–H groups in total. The zero-order valence-corrected chi connectivity index (χ0v) is 19.0. The summed E-state index contributed by atoms with van der Waals surface area (Å²) >= 11 is 0. The van der Waals surface area contributed by atoms with E-state index >= 15 is 0 Å². The number of carbonyl (C=O) groups excluding carboxylic acids is 2. The highest BCUT2D eigenvalue weighted by molar-refractivity contribution is 5.98. The number of rotatable bonds is 8. The Morgan fingerprint density at radius 1 is 0.824 bits per heavy atom. The van der Waals surface area contributed by atoms with Gasteiger partial charge in [-0.15, -0.1) is 0 Å². The highest BCUT2D eigenvalue weighted by atomic mass is 19.4. The summed E-state index contributed by atoms with van der Waals surface area (Å²) < 4.78 is 39.2. The van der Waals surface area contributed by atoms with Crippen LogP contribution in [0.5, 0.6) is 0 Å². The summed E-state index contributed by atoms with van der Waals surface area (Å²) in [5.74, 6) is -1.39. The van der Waals surface area contributed by atoms with Gasteiger partial charge in [-0.3, -0.25) is 9.59 Å². The van der Waals surface area contributed by atoms with Crippen molar-refractivity contribution in [2.45, 2.75) is 38.5 Å². The summed E-state index contributed by atoms with van der Waals surface area (Å²) in [5, 5.41) is 5.68. The summed E-state index contributed by atoms with van der Waals surface area (Å²) in [6.45, 7) is 3.70. The van der Waals surface area contributed by atoms with Gasteiger partial charge in [0.1, 0.15) is 6.04 Å². The van der Waals surface area contributed by atoms with Gasteiger partial charge in [0.15, 0.2) is 0 Å². The Hall–Kier alpha value is -3.61. The molecule has 3 aromatic rings. The zero-order valence-electron chi connectivity index (χ0n) is 19.0. The van der Waals surface area contributed by atoms with Crippen LogP contribution in [0.15, 0.2) is 84.9 Å². The third-order valence-corrected chi connectivity index (χ3v) is 5.79. The lowest BCUT2D eigenvalue weighted by Gasteiger charge is -2.27. The van der Waals surface area contributed by atoms with Crippen LogP contribution in [0.25, 0.3) is 0 Å². The van der Waals surface area contributed by atoms with Gasteiger partial charge >= 0.3 is 6.18 Å². The van der Waals surface area contributed by atoms with E-state index < -0.39 is 35.6 Å². The van der Waals surface area contributed by atoms with Crippen molar-refractivity contribution in [1.29, 1.82) is 0 Å². The quantitative estimate of drug-likeness (QED) is 0.442. The molecular formula is C27H27F3N2O2. The Balaban J connectivity index is 1.86. The van der Waals surface area contributed by atoms with Crippen LogP contribution in [0, 0.1) is 5.92 Å². The third kappa shape index (κ3) is 6.25. The number of benzene rings is 3. The Kier molecular flexibility index (Phi) is 8.10. The van der Waals surface area contributed by atoms with E-state index in [2.05, 4.69) is 10.6 Å². The molecule has 0 fully saturated rings. The summed E-state index contributed by atoms with van der Waals surface area (Å²) in [5.41, 5.74) is 0.667. The zero-order chi connectivity index (χ0) is 24.7. The number of nitrogens with one attached hydrogen (secondary N) is 2. The van der Waals surface area contributed by atoms with Gasteiger partial charge in [0.05, 0.1) is 11.6 Å². The lowest BCUT2D eigenvalue weighted by atomic mass is 9.95. The van der Waals surface area contributed by atoms with Gasteiger partial charge in [-0.2, -0.15) is 13.2 Å². The van der Waals surface area contributed by atoms with Crippen molar-refractivity contribution in [3.05, 3.63) is 107 Å². The van der Waals surface area contributed by atoms with Crippen LogP contribution in [0.2, 0.25) is 0 Å². The maximum Gasteiger partial charge on any atom is 0.416 e. The minimum atomic E-state index is -4.57. The molecule has 2 atom stereocenters. The Bertz CT molecular complexity index is 1060. The monoisotopic (exact) mass is 468 g/mol. The predicted molar refractivity (Wildman–Crippen MR) is 125 cm³/mol. The smallest absolute Gasteiger partial charge is 0.343 e. The predicted octanol–water partition coefficient (Wildman–Crippen LogP) is 5.76. The van der Waals surface area contributed by atoms with E-state index in [0.29, 0.717) is 6.42 Å². The first-order valence-electron chi connectivity index (χ1n) is 11.1. The van der Waals surface area contributed by atoms with Crippen LogP contribution in [-0.2, 0) is 11.0 Å². The maximum absolute atomic E-state index is 13.4. The second-order valence-corrected chi connectivity index (χ2v) is 8.18. The van der Waals surface area contributed by atoms with E-state index in [9.17, 15) is 22.8 Å². The largest absolute Gasteiger partial charge is 0.416 e. The molecule has 7 heteroatoms. The first-order valence-corrected chi connectivity index (χ1v) is 11.1. The second kappa shape index (κ2) is 11.0. The van der Waals surface area contributed by atoms with Gasteiger partial charge < -0.3 is 10.6 Å². The van der Waals surface area contributed by atoms with Crippen LogP contribution in [0.1, 0.15) is 53.4 Å². The van der Waals surface area contributed by atoms with Crippen molar-refractivity contribution in [2.75, 3.05) is 0 Å². The second-order valence-electron chi connectivity index (χ2n) is 8.18. The Morgan fingerprint density at radius 3 is 1.88 bits per heavy atom. The van der Waals surface area contributed by atoms with E-state index in [-0.39, 0.29) is 11.5 Å². The van der Waals surface area contributed by atoms with Crippen molar-refractivity contribution < 1.29 is 22.8 Å². The fourth-order valence-electron chi connectivity index (χ4n) is 3.65. The van der Waals surface area contributed by atoms with Crippen LogP contribution >= 0.6 is 0 Å². The highest BCUT2D eigenvalue weighted by Crippen LogP contribution is 2.29. The van der Waals surface area contributed by atoms with E-state index in [4.69, 9.17) is 0 Å². The van der Waals surface area contributed by atoms with Gasteiger partial charge in [0, 0.05) is 5.56 Å². The van der Waals surface area contributed by atoms with Crippen LogP contribution in [-0.4, -0.2) is 17.9 Å². The number of hydrogen-bond acceptors (Lipinski definition) is 2. The molecular weight excluding hydrogens is 441 g/mol. The minimum absolute atomic E-state index is 0.154. The lowest BCUT2D eigenvalue weighted by Crippen LogP contribution is -2.51. The topological polar surface area (TPSA) is 58.2 Å². The van der Waals surface area contributed by atoms with Gasteiger partial charge in [-0.1, -0.05) is 87.0 Å². The fourth-order valence-corrected chi connectivity index (χ4v) is 3.65. The van der Waals surface area contributed by atoms with E-state index in [1.54, 1.807) is 0 Å². The molecule has 2 unspecified atom stereocenters. The maximum atomic E-state index is 13.4. The minimum Gasteiger partial charge on any atom is -0.343 e. The van der Waals surface area contributed by atoms with Gasteiger partial charge in [-0.05, 0) is 35.2 Å². The number of amides is 2. The highest BCUT2D eigenvalue weighted by Gasteiger charge is 2.32. The Labute approximate surface area is 197 Å². The average Bonchev–Trinajstić information content (AvgIpc) is 2.85. The molecule has 0 saturated heterocycles. The summed E-state index contributed by atoms with van der Waals surface area (Å²) in [6.07, 6.45) is -3.98. The summed E-state index contributed by atoms with van der Waals surface area (Å²) in [6, 6.07) is 21.6. The Morgan fingerprint density at radius 2 is 1.38 bits per heavy atom. The van der Waals surface area contributed by atoms with Crippen LogP contribution < -0.4 is 10.6 Å². The van der Waals surface area contributed by atoms with Crippen molar-refractivity contribution in [2.24, 2.45) is 5.92 Å². The van der Waals surface area contributed by atoms with Crippen LogP contribution in [0.4, 0.5) is 13.2 Å². The molecule has 0 bridgehead atoms. The molecule has 0 heterocycles. The lowest BCUT2D eigenvalue weighted by molar-refractivity contribution is -0.137.